The lowest BCUT2D eigenvalue weighted by Crippen LogP contribution is -2.53. The first-order chi connectivity index (χ1) is 10.1. The summed E-state index contributed by atoms with van der Waals surface area (Å²) in [7, 11) is 1.35. The van der Waals surface area contributed by atoms with Crippen molar-refractivity contribution in [3.8, 4) is 6.07 Å². The molecule has 0 aromatic carbocycles. The molecule has 5 heteroatoms. The molecule has 1 unspecified atom stereocenters. The van der Waals surface area contributed by atoms with Crippen molar-refractivity contribution in [2.24, 2.45) is 5.41 Å². The van der Waals surface area contributed by atoms with Crippen molar-refractivity contribution in [3.63, 3.8) is 0 Å². The Hall–Kier alpha value is -1.57. The van der Waals surface area contributed by atoms with Crippen LogP contribution in [0.1, 0.15) is 57.8 Å². The molecule has 1 aliphatic heterocycles. The molecule has 1 heterocycles. The van der Waals surface area contributed by atoms with E-state index >= 15 is 0 Å². The molecule has 2 fully saturated rings. The van der Waals surface area contributed by atoms with Crippen LogP contribution in [0.3, 0.4) is 0 Å². The van der Waals surface area contributed by atoms with Crippen LogP contribution in [0.5, 0.6) is 0 Å². The molecule has 0 aromatic rings. The third-order valence-electron chi connectivity index (χ3n) is 4.82. The lowest BCUT2D eigenvalue weighted by atomic mass is 9.79. The van der Waals surface area contributed by atoms with E-state index in [1.165, 1.54) is 7.11 Å². The lowest BCUT2D eigenvalue weighted by molar-refractivity contribution is -0.158. The molecule has 2 rings (SSSR count). The first-order valence-corrected chi connectivity index (χ1v) is 7.95. The molecule has 21 heavy (non-hydrogen) atoms. The molecule has 1 amide bonds. The smallest absolute Gasteiger partial charge is 0.328 e. The summed E-state index contributed by atoms with van der Waals surface area (Å²) in [5.41, 5.74) is -0.930. The van der Waals surface area contributed by atoms with Gasteiger partial charge in [0.1, 0.15) is 11.5 Å². The van der Waals surface area contributed by atoms with Gasteiger partial charge in [0.2, 0.25) is 5.91 Å². The standard InChI is InChI=1S/C16H24N2O3/c1-21-14(19)13-8-4-7-11-18(13)15(20)16(12-17)9-5-2-3-6-10-16/h13H,2-11H2,1H3. The minimum Gasteiger partial charge on any atom is -0.467 e. The van der Waals surface area contributed by atoms with Crippen LogP contribution in [0.25, 0.3) is 0 Å². The number of hydrogen-bond donors (Lipinski definition) is 0. The zero-order chi connectivity index (χ0) is 15.3. The van der Waals surface area contributed by atoms with Crippen molar-refractivity contribution >= 4 is 11.9 Å². The monoisotopic (exact) mass is 292 g/mol. The normalized spacial score (nSPS) is 25.5. The number of piperidine rings is 1. The maximum Gasteiger partial charge on any atom is 0.328 e. The first kappa shape index (κ1) is 15.8. The van der Waals surface area contributed by atoms with E-state index in [4.69, 9.17) is 4.74 Å². The van der Waals surface area contributed by atoms with Crippen molar-refractivity contribution in [1.29, 1.82) is 5.26 Å². The number of hydrogen-bond acceptors (Lipinski definition) is 4. The minimum atomic E-state index is -0.930. The van der Waals surface area contributed by atoms with Gasteiger partial charge in [-0.05, 0) is 32.1 Å². The topological polar surface area (TPSA) is 70.4 Å². The molecule has 0 aromatic heterocycles. The summed E-state index contributed by atoms with van der Waals surface area (Å²) in [6.07, 6.45) is 7.67. The van der Waals surface area contributed by atoms with Gasteiger partial charge in [-0.1, -0.05) is 25.7 Å². The van der Waals surface area contributed by atoms with Gasteiger partial charge in [0.15, 0.2) is 0 Å². The van der Waals surface area contributed by atoms with Crippen molar-refractivity contribution in [1.82, 2.24) is 4.90 Å². The fourth-order valence-corrected chi connectivity index (χ4v) is 3.54. The Bertz CT molecular complexity index is 433. The van der Waals surface area contributed by atoms with Crippen LogP contribution >= 0.6 is 0 Å². The third kappa shape index (κ3) is 3.20. The Kier molecular flexibility index (Phi) is 5.22. The molecule has 1 saturated heterocycles. The summed E-state index contributed by atoms with van der Waals surface area (Å²) >= 11 is 0. The highest BCUT2D eigenvalue weighted by atomic mass is 16.5. The lowest BCUT2D eigenvalue weighted by Gasteiger charge is -2.38. The van der Waals surface area contributed by atoms with Crippen LogP contribution in [-0.2, 0) is 14.3 Å². The van der Waals surface area contributed by atoms with Gasteiger partial charge < -0.3 is 9.64 Å². The SMILES string of the molecule is COC(=O)C1CCCCN1C(=O)C1(C#N)CCCCCC1. The predicted molar refractivity (Wildman–Crippen MR) is 77.1 cm³/mol. The maximum absolute atomic E-state index is 13.0. The molecule has 1 aliphatic carbocycles. The summed E-state index contributed by atoms with van der Waals surface area (Å²) in [5, 5.41) is 9.64. The molecule has 0 N–H and O–H groups in total. The summed E-state index contributed by atoms with van der Waals surface area (Å²) in [4.78, 5) is 26.5. The number of amides is 1. The molecular weight excluding hydrogens is 268 g/mol. The molecule has 0 radical (unpaired) electrons. The van der Waals surface area contributed by atoms with Crippen LogP contribution in [-0.4, -0.2) is 36.5 Å². The Labute approximate surface area is 126 Å². The van der Waals surface area contributed by atoms with Gasteiger partial charge in [0, 0.05) is 6.54 Å². The number of esters is 1. The Balaban J connectivity index is 2.22. The summed E-state index contributed by atoms with van der Waals surface area (Å²) < 4.78 is 4.83. The van der Waals surface area contributed by atoms with Gasteiger partial charge >= 0.3 is 5.97 Å². The van der Waals surface area contributed by atoms with E-state index in [-0.39, 0.29) is 11.9 Å². The second kappa shape index (κ2) is 6.93. The van der Waals surface area contributed by atoms with Crippen LogP contribution in [0.2, 0.25) is 0 Å². The number of carbonyl (C=O) groups excluding carboxylic acids is 2. The third-order valence-corrected chi connectivity index (χ3v) is 4.82. The van der Waals surface area contributed by atoms with E-state index in [1.54, 1.807) is 4.90 Å². The predicted octanol–water partition coefficient (Wildman–Crippen LogP) is 2.40. The number of carbonyl (C=O) groups is 2. The summed E-state index contributed by atoms with van der Waals surface area (Å²) in [6, 6.07) is 1.78. The number of rotatable bonds is 2. The van der Waals surface area contributed by atoms with Gasteiger partial charge in [-0.2, -0.15) is 5.26 Å². The van der Waals surface area contributed by atoms with E-state index in [0.29, 0.717) is 25.8 Å². The molecule has 0 spiro atoms. The Morgan fingerprint density at radius 1 is 1.14 bits per heavy atom. The fraction of sp³-hybridized carbons (Fsp3) is 0.812. The van der Waals surface area contributed by atoms with E-state index in [2.05, 4.69) is 6.07 Å². The van der Waals surface area contributed by atoms with Crippen molar-refractivity contribution in [3.05, 3.63) is 0 Å². The van der Waals surface area contributed by atoms with Crippen LogP contribution in [0, 0.1) is 16.7 Å². The summed E-state index contributed by atoms with van der Waals surface area (Å²) in [5.74, 6) is -0.508. The van der Waals surface area contributed by atoms with E-state index in [0.717, 1.165) is 38.5 Å². The van der Waals surface area contributed by atoms with Crippen molar-refractivity contribution in [2.45, 2.75) is 63.8 Å². The van der Waals surface area contributed by atoms with Gasteiger partial charge in [0.05, 0.1) is 13.2 Å². The van der Waals surface area contributed by atoms with Gasteiger partial charge in [-0.25, -0.2) is 4.79 Å². The van der Waals surface area contributed by atoms with Crippen molar-refractivity contribution in [2.75, 3.05) is 13.7 Å². The molecule has 2 aliphatic rings. The number of nitrogens with zero attached hydrogens (tertiary/aromatic N) is 2. The number of likely N-dealkylation sites (tertiary alicyclic amines) is 1. The van der Waals surface area contributed by atoms with Crippen LogP contribution in [0.15, 0.2) is 0 Å². The average Bonchev–Trinajstić information content (AvgIpc) is 2.80. The zero-order valence-corrected chi connectivity index (χ0v) is 12.8. The molecule has 1 atom stereocenters. The highest BCUT2D eigenvalue weighted by molar-refractivity contribution is 5.90. The molecule has 5 nitrogen and oxygen atoms in total. The van der Waals surface area contributed by atoms with Crippen molar-refractivity contribution < 1.29 is 14.3 Å². The quantitative estimate of drug-likeness (QED) is 0.579. The van der Waals surface area contributed by atoms with Gasteiger partial charge in [-0.15, -0.1) is 0 Å². The second-order valence-electron chi connectivity index (χ2n) is 6.14. The van der Waals surface area contributed by atoms with Crippen LogP contribution < -0.4 is 0 Å². The second-order valence-corrected chi connectivity index (χ2v) is 6.14. The van der Waals surface area contributed by atoms with E-state index < -0.39 is 11.5 Å². The first-order valence-electron chi connectivity index (χ1n) is 7.95. The molecule has 0 bridgehead atoms. The van der Waals surface area contributed by atoms with Gasteiger partial charge in [-0.3, -0.25) is 4.79 Å². The number of ether oxygens (including phenoxy) is 1. The Morgan fingerprint density at radius 3 is 2.38 bits per heavy atom. The van der Waals surface area contributed by atoms with Gasteiger partial charge in [0.25, 0.3) is 0 Å². The summed E-state index contributed by atoms with van der Waals surface area (Å²) in [6.45, 7) is 0.558. The van der Waals surface area contributed by atoms with E-state index in [1.807, 2.05) is 0 Å². The number of nitriles is 1. The Morgan fingerprint density at radius 2 is 1.81 bits per heavy atom. The average molecular weight is 292 g/mol. The number of methoxy groups -OCH3 is 1. The minimum absolute atomic E-state index is 0.151. The highest BCUT2D eigenvalue weighted by Crippen LogP contribution is 2.37. The maximum atomic E-state index is 13.0. The van der Waals surface area contributed by atoms with Crippen LogP contribution in [0.4, 0.5) is 0 Å². The van der Waals surface area contributed by atoms with E-state index in [9.17, 15) is 14.9 Å². The largest absolute Gasteiger partial charge is 0.467 e. The molecule has 116 valence electrons. The molecule has 1 saturated carbocycles. The fourth-order valence-electron chi connectivity index (χ4n) is 3.54. The zero-order valence-electron chi connectivity index (χ0n) is 12.8. The molecular formula is C16H24N2O3. The highest BCUT2D eigenvalue weighted by Gasteiger charge is 2.45.